The van der Waals surface area contributed by atoms with Gasteiger partial charge in [-0.3, -0.25) is 4.79 Å². The van der Waals surface area contributed by atoms with Crippen molar-refractivity contribution in [1.29, 1.82) is 0 Å². The van der Waals surface area contributed by atoms with Crippen LogP contribution in [0.3, 0.4) is 0 Å². The molecule has 1 N–H and O–H groups in total. The second-order valence-corrected chi connectivity index (χ2v) is 5.61. The summed E-state index contributed by atoms with van der Waals surface area (Å²) in [5.41, 5.74) is 0. The van der Waals surface area contributed by atoms with E-state index in [4.69, 9.17) is 4.74 Å². The molecule has 3 nitrogen and oxygen atoms in total. The Kier molecular flexibility index (Phi) is 8.76. The van der Waals surface area contributed by atoms with Crippen molar-refractivity contribution in [2.45, 2.75) is 46.2 Å². The smallest absolute Gasteiger partial charge is 0.308 e. The fourth-order valence-electron chi connectivity index (χ4n) is 1.72. The van der Waals surface area contributed by atoms with Crippen molar-refractivity contribution in [3.05, 3.63) is 0 Å². The van der Waals surface area contributed by atoms with Crippen LogP contribution < -0.4 is 5.32 Å². The molecule has 0 rings (SSSR count). The quantitative estimate of drug-likeness (QED) is 0.668. The summed E-state index contributed by atoms with van der Waals surface area (Å²) >= 11 is 1.93. The lowest BCUT2D eigenvalue weighted by atomic mass is 10.0. The van der Waals surface area contributed by atoms with Crippen LogP contribution in [0.25, 0.3) is 0 Å². The lowest BCUT2D eigenvalue weighted by molar-refractivity contribution is -0.145. The Hall–Kier alpha value is -0.220. The zero-order chi connectivity index (χ0) is 12.6. The summed E-state index contributed by atoms with van der Waals surface area (Å²) in [4.78, 5) is 11.3. The highest BCUT2D eigenvalue weighted by atomic mass is 32.2. The summed E-state index contributed by atoms with van der Waals surface area (Å²) in [6, 6.07) is 0.839. The van der Waals surface area contributed by atoms with E-state index < -0.39 is 0 Å². The molecule has 4 heteroatoms. The molecule has 0 aliphatic heterocycles. The number of hydrogen-bond acceptors (Lipinski definition) is 4. The lowest BCUT2D eigenvalue weighted by Crippen LogP contribution is -2.38. The van der Waals surface area contributed by atoms with Gasteiger partial charge in [-0.15, -0.1) is 0 Å². The molecule has 0 aromatic rings. The minimum Gasteiger partial charge on any atom is -0.469 e. The number of methoxy groups -OCH3 is 1. The van der Waals surface area contributed by atoms with Gasteiger partial charge in [-0.25, -0.2) is 0 Å². The van der Waals surface area contributed by atoms with E-state index in [-0.39, 0.29) is 11.9 Å². The van der Waals surface area contributed by atoms with Gasteiger partial charge in [-0.1, -0.05) is 13.8 Å². The predicted octanol–water partition coefficient (Wildman–Crippen LogP) is 2.31. The number of hydrogen-bond donors (Lipinski definition) is 1. The van der Waals surface area contributed by atoms with Crippen molar-refractivity contribution in [1.82, 2.24) is 5.32 Å². The summed E-state index contributed by atoms with van der Waals surface area (Å²) in [6.45, 7) is 8.38. The summed E-state index contributed by atoms with van der Waals surface area (Å²) in [5.74, 6) is 2.12. The maximum atomic E-state index is 11.3. The zero-order valence-electron chi connectivity index (χ0n) is 11.1. The first-order valence-electron chi connectivity index (χ1n) is 5.92. The molecule has 0 aliphatic rings. The molecule has 16 heavy (non-hydrogen) atoms. The molecule has 3 unspecified atom stereocenters. The molecule has 3 atom stereocenters. The van der Waals surface area contributed by atoms with E-state index in [1.807, 2.05) is 18.7 Å². The van der Waals surface area contributed by atoms with E-state index in [1.54, 1.807) is 0 Å². The SMILES string of the molecule is CCSCC(C)NC(C)CC(C)C(=O)OC. The van der Waals surface area contributed by atoms with Gasteiger partial charge in [0.1, 0.15) is 0 Å². The van der Waals surface area contributed by atoms with Gasteiger partial charge >= 0.3 is 5.97 Å². The summed E-state index contributed by atoms with van der Waals surface area (Å²) < 4.78 is 4.71. The van der Waals surface area contributed by atoms with Crippen molar-refractivity contribution < 1.29 is 9.53 Å². The standard InChI is InChI=1S/C12H25NO2S/c1-6-16-8-11(4)13-10(3)7-9(2)12(14)15-5/h9-11,13H,6-8H2,1-5H3. The third-order valence-electron chi connectivity index (χ3n) is 2.45. The minimum atomic E-state index is -0.121. The Morgan fingerprint density at radius 3 is 2.44 bits per heavy atom. The molecule has 0 aromatic carbocycles. The first-order valence-corrected chi connectivity index (χ1v) is 7.08. The van der Waals surface area contributed by atoms with E-state index >= 15 is 0 Å². The van der Waals surface area contributed by atoms with Crippen LogP contribution in [0.15, 0.2) is 0 Å². The average molecular weight is 247 g/mol. The average Bonchev–Trinajstić information content (AvgIpc) is 2.24. The van der Waals surface area contributed by atoms with Gasteiger partial charge < -0.3 is 10.1 Å². The molecular weight excluding hydrogens is 222 g/mol. The van der Waals surface area contributed by atoms with E-state index in [1.165, 1.54) is 7.11 Å². The van der Waals surface area contributed by atoms with Crippen LogP contribution in [0, 0.1) is 5.92 Å². The molecule has 0 spiro atoms. The van der Waals surface area contributed by atoms with Crippen molar-refractivity contribution in [3.63, 3.8) is 0 Å². The molecule has 0 fully saturated rings. The van der Waals surface area contributed by atoms with E-state index in [2.05, 4.69) is 26.1 Å². The van der Waals surface area contributed by atoms with Gasteiger partial charge in [0.25, 0.3) is 0 Å². The molecule has 96 valence electrons. The monoisotopic (exact) mass is 247 g/mol. The van der Waals surface area contributed by atoms with Gasteiger partial charge in [0.05, 0.1) is 13.0 Å². The fourth-order valence-corrected chi connectivity index (χ4v) is 2.41. The number of carbonyl (C=O) groups is 1. The summed E-state index contributed by atoms with van der Waals surface area (Å²) in [5, 5.41) is 3.50. The Labute approximate surface area is 104 Å². The molecule has 0 bridgehead atoms. The molecule has 0 aromatic heterocycles. The third-order valence-corrected chi connectivity index (χ3v) is 3.60. The highest BCUT2D eigenvalue weighted by Crippen LogP contribution is 2.09. The van der Waals surface area contributed by atoms with Gasteiger partial charge in [0.2, 0.25) is 0 Å². The van der Waals surface area contributed by atoms with Crippen LogP contribution in [0.5, 0.6) is 0 Å². The molecular formula is C12H25NO2S. The molecule has 0 saturated heterocycles. The van der Waals surface area contributed by atoms with Gasteiger partial charge in [-0.05, 0) is 26.0 Å². The van der Waals surface area contributed by atoms with E-state index in [0.717, 1.165) is 17.9 Å². The van der Waals surface area contributed by atoms with E-state index in [0.29, 0.717) is 12.1 Å². The Balaban J connectivity index is 3.79. The van der Waals surface area contributed by atoms with Crippen LogP contribution in [-0.4, -0.2) is 36.7 Å². The molecule has 0 radical (unpaired) electrons. The number of nitrogens with one attached hydrogen (secondary N) is 1. The Bertz CT molecular complexity index is 199. The van der Waals surface area contributed by atoms with Crippen molar-refractivity contribution in [2.24, 2.45) is 5.92 Å². The number of carbonyl (C=O) groups excluding carboxylic acids is 1. The summed E-state index contributed by atoms with van der Waals surface area (Å²) in [6.07, 6.45) is 0.827. The van der Waals surface area contributed by atoms with Crippen LogP contribution in [0.4, 0.5) is 0 Å². The van der Waals surface area contributed by atoms with Gasteiger partial charge in [-0.2, -0.15) is 11.8 Å². The number of thioether (sulfide) groups is 1. The maximum absolute atomic E-state index is 11.3. The van der Waals surface area contributed by atoms with Gasteiger partial charge in [0.15, 0.2) is 0 Å². The second kappa shape index (κ2) is 8.88. The second-order valence-electron chi connectivity index (χ2n) is 4.29. The van der Waals surface area contributed by atoms with Crippen molar-refractivity contribution in [2.75, 3.05) is 18.6 Å². The first kappa shape index (κ1) is 15.8. The van der Waals surface area contributed by atoms with Crippen LogP contribution >= 0.6 is 11.8 Å². The number of esters is 1. The highest BCUT2D eigenvalue weighted by molar-refractivity contribution is 7.99. The first-order chi connectivity index (χ1) is 7.51. The third kappa shape index (κ3) is 7.12. The molecule has 0 amide bonds. The largest absolute Gasteiger partial charge is 0.469 e. The Morgan fingerprint density at radius 1 is 1.31 bits per heavy atom. The van der Waals surface area contributed by atoms with Crippen molar-refractivity contribution in [3.8, 4) is 0 Å². The minimum absolute atomic E-state index is 0.0291. The van der Waals surface area contributed by atoms with Crippen LogP contribution in [0.1, 0.15) is 34.1 Å². The molecule has 0 saturated carbocycles. The molecule has 0 heterocycles. The zero-order valence-corrected chi connectivity index (χ0v) is 11.9. The fraction of sp³-hybridized carbons (Fsp3) is 0.917. The summed E-state index contributed by atoms with van der Waals surface area (Å²) in [7, 11) is 1.44. The predicted molar refractivity (Wildman–Crippen MR) is 70.9 cm³/mol. The number of rotatable bonds is 8. The van der Waals surface area contributed by atoms with Gasteiger partial charge in [0, 0.05) is 17.8 Å². The van der Waals surface area contributed by atoms with E-state index in [9.17, 15) is 4.79 Å². The van der Waals surface area contributed by atoms with Crippen LogP contribution in [0.2, 0.25) is 0 Å². The van der Waals surface area contributed by atoms with Crippen LogP contribution in [-0.2, 0) is 9.53 Å². The lowest BCUT2D eigenvalue weighted by Gasteiger charge is -2.21. The number of ether oxygens (including phenoxy) is 1. The highest BCUT2D eigenvalue weighted by Gasteiger charge is 2.17. The maximum Gasteiger partial charge on any atom is 0.308 e. The topological polar surface area (TPSA) is 38.3 Å². The van der Waals surface area contributed by atoms with Crippen molar-refractivity contribution >= 4 is 17.7 Å². The normalized spacial score (nSPS) is 16.6. The Morgan fingerprint density at radius 2 is 1.94 bits per heavy atom. The molecule has 0 aliphatic carbocycles.